The van der Waals surface area contributed by atoms with Crippen LogP contribution in [0.3, 0.4) is 0 Å². The van der Waals surface area contributed by atoms with Gasteiger partial charge >= 0.3 is 0 Å². The highest BCUT2D eigenvalue weighted by Gasteiger charge is 2.40. The Morgan fingerprint density at radius 3 is 1.59 bits per heavy atom. The minimum Gasteiger partial charge on any atom is -0.224 e. The van der Waals surface area contributed by atoms with E-state index < -0.39 is 30.2 Å². The van der Waals surface area contributed by atoms with Crippen molar-refractivity contribution >= 4 is 19.7 Å². The maximum atomic E-state index is 12.7. The standard InChI is InChI=1S/C16H18O4S2/c1-16(2,22(19,20)15-11-7-4-8-12-15)13-21(17,18)14-9-5-3-6-10-14/h3-12H,13H2,1-2H3. The second kappa shape index (κ2) is 5.85. The van der Waals surface area contributed by atoms with Crippen LogP contribution in [0.1, 0.15) is 13.8 Å². The van der Waals surface area contributed by atoms with Crippen LogP contribution in [0.5, 0.6) is 0 Å². The van der Waals surface area contributed by atoms with Crippen molar-refractivity contribution in [3.05, 3.63) is 60.7 Å². The van der Waals surface area contributed by atoms with Crippen molar-refractivity contribution in [3.8, 4) is 0 Å². The molecular weight excluding hydrogens is 320 g/mol. The summed E-state index contributed by atoms with van der Waals surface area (Å²) in [5.41, 5.74) is 0. The molecule has 0 saturated carbocycles. The van der Waals surface area contributed by atoms with Crippen molar-refractivity contribution in [3.63, 3.8) is 0 Å². The molecule has 22 heavy (non-hydrogen) atoms. The van der Waals surface area contributed by atoms with Crippen LogP contribution in [0, 0.1) is 0 Å². The smallest absolute Gasteiger partial charge is 0.184 e. The molecule has 0 heterocycles. The van der Waals surface area contributed by atoms with Crippen LogP contribution in [0.25, 0.3) is 0 Å². The third-order valence-electron chi connectivity index (χ3n) is 3.42. The van der Waals surface area contributed by atoms with Crippen molar-refractivity contribution in [2.45, 2.75) is 28.4 Å². The molecule has 6 heteroatoms. The zero-order chi connectivity index (χ0) is 16.4. The average molecular weight is 338 g/mol. The van der Waals surface area contributed by atoms with E-state index in [9.17, 15) is 16.8 Å². The summed E-state index contributed by atoms with van der Waals surface area (Å²) >= 11 is 0. The molecule has 0 bridgehead atoms. The number of hydrogen-bond donors (Lipinski definition) is 0. The normalized spacial score (nSPS) is 13.0. The SMILES string of the molecule is CC(C)(CS(=O)(=O)c1ccccc1)S(=O)(=O)c1ccccc1. The first-order valence-electron chi connectivity index (χ1n) is 6.74. The van der Waals surface area contributed by atoms with Crippen LogP contribution < -0.4 is 0 Å². The van der Waals surface area contributed by atoms with Gasteiger partial charge in [0.2, 0.25) is 0 Å². The second-order valence-electron chi connectivity index (χ2n) is 5.65. The number of sulfone groups is 2. The van der Waals surface area contributed by atoms with E-state index in [2.05, 4.69) is 0 Å². The summed E-state index contributed by atoms with van der Waals surface area (Å²) in [6.07, 6.45) is 0. The molecular formula is C16H18O4S2. The molecule has 0 atom stereocenters. The second-order valence-corrected chi connectivity index (χ2v) is 10.2. The predicted octanol–water partition coefficient (Wildman–Crippen LogP) is 2.71. The van der Waals surface area contributed by atoms with Crippen LogP contribution in [-0.4, -0.2) is 27.3 Å². The molecule has 0 aliphatic heterocycles. The van der Waals surface area contributed by atoms with Gasteiger partial charge in [-0.1, -0.05) is 36.4 Å². The van der Waals surface area contributed by atoms with Gasteiger partial charge in [-0.15, -0.1) is 0 Å². The molecule has 0 radical (unpaired) electrons. The van der Waals surface area contributed by atoms with Crippen LogP contribution in [0.2, 0.25) is 0 Å². The summed E-state index contributed by atoms with van der Waals surface area (Å²) in [7, 11) is -7.45. The maximum absolute atomic E-state index is 12.7. The van der Waals surface area contributed by atoms with Crippen LogP contribution in [0.4, 0.5) is 0 Å². The van der Waals surface area contributed by atoms with E-state index in [1.165, 1.54) is 38.1 Å². The van der Waals surface area contributed by atoms with Gasteiger partial charge < -0.3 is 0 Å². The molecule has 0 amide bonds. The molecule has 0 aliphatic carbocycles. The minimum atomic E-state index is -3.76. The summed E-state index contributed by atoms with van der Waals surface area (Å²) in [4.78, 5) is 0.259. The van der Waals surface area contributed by atoms with E-state index in [-0.39, 0.29) is 9.79 Å². The Bertz CT molecular complexity index is 838. The Kier molecular flexibility index (Phi) is 4.44. The fourth-order valence-electron chi connectivity index (χ4n) is 2.17. The number of hydrogen-bond acceptors (Lipinski definition) is 4. The Labute approximate surface area is 131 Å². The van der Waals surface area contributed by atoms with Gasteiger partial charge in [-0.05, 0) is 38.1 Å². The lowest BCUT2D eigenvalue weighted by Gasteiger charge is -2.24. The number of benzene rings is 2. The quantitative estimate of drug-likeness (QED) is 0.840. The first-order valence-corrected chi connectivity index (χ1v) is 9.88. The Hall–Kier alpha value is -1.66. The maximum Gasteiger partial charge on any atom is 0.184 e. The highest BCUT2D eigenvalue weighted by atomic mass is 32.2. The van der Waals surface area contributed by atoms with Gasteiger partial charge in [0, 0.05) is 0 Å². The molecule has 0 spiro atoms. The van der Waals surface area contributed by atoms with Crippen LogP contribution >= 0.6 is 0 Å². The Morgan fingerprint density at radius 1 is 0.727 bits per heavy atom. The molecule has 0 aromatic heterocycles. The fraction of sp³-hybridized carbons (Fsp3) is 0.250. The first kappa shape index (κ1) is 16.7. The lowest BCUT2D eigenvalue weighted by molar-refractivity contribution is 0.549. The van der Waals surface area contributed by atoms with Gasteiger partial charge in [0.1, 0.15) is 0 Å². The predicted molar refractivity (Wildman–Crippen MR) is 86.2 cm³/mol. The van der Waals surface area contributed by atoms with E-state index in [0.29, 0.717) is 0 Å². The monoisotopic (exact) mass is 338 g/mol. The summed E-state index contributed by atoms with van der Waals surface area (Å²) in [6, 6.07) is 15.8. The highest BCUT2D eigenvalue weighted by Crippen LogP contribution is 2.28. The van der Waals surface area contributed by atoms with Crippen molar-refractivity contribution in [2.75, 3.05) is 5.75 Å². The summed E-state index contributed by atoms with van der Waals surface area (Å²) in [6.45, 7) is 2.88. The molecule has 0 N–H and O–H groups in total. The fourth-order valence-corrected chi connectivity index (χ4v) is 6.06. The summed E-state index contributed by atoms with van der Waals surface area (Å²) < 4.78 is 48.9. The van der Waals surface area contributed by atoms with Crippen molar-refractivity contribution in [1.82, 2.24) is 0 Å². The molecule has 0 saturated heterocycles. The number of rotatable bonds is 5. The molecule has 2 aromatic rings. The Balaban J connectivity index is 2.40. The van der Waals surface area contributed by atoms with E-state index in [1.807, 2.05) is 0 Å². The van der Waals surface area contributed by atoms with Gasteiger partial charge in [-0.2, -0.15) is 0 Å². The summed E-state index contributed by atoms with van der Waals surface area (Å²) in [5, 5.41) is 0. The van der Waals surface area contributed by atoms with Crippen LogP contribution in [0.15, 0.2) is 70.5 Å². The van der Waals surface area contributed by atoms with E-state index in [4.69, 9.17) is 0 Å². The van der Waals surface area contributed by atoms with E-state index >= 15 is 0 Å². The molecule has 0 aliphatic rings. The molecule has 118 valence electrons. The van der Waals surface area contributed by atoms with E-state index in [0.717, 1.165) is 0 Å². The largest absolute Gasteiger partial charge is 0.224 e. The zero-order valence-corrected chi connectivity index (χ0v) is 14.1. The van der Waals surface area contributed by atoms with Crippen LogP contribution in [-0.2, 0) is 19.7 Å². The van der Waals surface area contributed by atoms with Crippen molar-refractivity contribution in [1.29, 1.82) is 0 Å². The molecule has 2 aromatic carbocycles. The zero-order valence-electron chi connectivity index (χ0n) is 12.4. The van der Waals surface area contributed by atoms with Gasteiger partial charge in [0.05, 0.1) is 20.3 Å². The third kappa shape index (κ3) is 3.23. The minimum absolute atomic E-state index is 0.128. The van der Waals surface area contributed by atoms with Crippen molar-refractivity contribution in [2.24, 2.45) is 0 Å². The van der Waals surface area contributed by atoms with Gasteiger partial charge in [-0.25, -0.2) is 16.8 Å². The summed E-state index contributed by atoms with van der Waals surface area (Å²) in [5.74, 6) is -0.471. The highest BCUT2D eigenvalue weighted by molar-refractivity contribution is 7.96. The topological polar surface area (TPSA) is 68.3 Å². The van der Waals surface area contributed by atoms with Gasteiger partial charge in [0.25, 0.3) is 0 Å². The molecule has 0 fully saturated rings. The van der Waals surface area contributed by atoms with Gasteiger partial charge in [0.15, 0.2) is 19.7 Å². The lowest BCUT2D eigenvalue weighted by atomic mass is 10.2. The molecule has 4 nitrogen and oxygen atoms in total. The average Bonchev–Trinajstić information content (AvgIpc) is 2.48. The lowest BCUT2D eigenvalue weighted by Crippen LogP contribution is -2.39. The van der Waals surface area contributed by atoms with E-state index in [1.54, 1.807) is 36.4 Å². The Morgan fingerprint density at radius 2 is 1.14 bits per heavy atom. The van der Waals surface area contributed by atoms with Gasteiger partial charge in [-0.3, -0.25) is 0 Å². The molecule has 2 rings (SSSR count). The first-order chi connectivity index (χ1) is 10.2. The third-order valence-corrected chi connectivity index (χ3v) is 8.19. The molecule has 0 unspecified atom stereocenters. The van der Waals surface area contributed by atoms with Crippen molar-refractivity contribution < 1.29 is 16.8 Å².